The summed E-state index contributed by atoms with van der Waals surface area (Å²) in [7, 11) is 4.52. The molecule has 0 amide bonds. The molecular formula is C17H35N3O. The molecule has 2 N–H and O–H groups in total. The van der Waals surface area contributed by atoms with Crippen molar-refractivity contribution < 1.29 is 5.11 Å². The highest BCUT2D eigenvalue weighted by Crippen LogP contribution is 2.31. The van der Waals surface area contributed by atoms with Crippen LogP contribution in [0.3, 0.4) is 0 Å². The van der Waals surface area contributed by atoms with Crippen LogP contribution in [-0.2, 0) is 0 Å². The molecule has 1 aliphatic heterocycles. The van der Waals surface area contributed by atoms with Crippen LogP contribution in [0.25, 0.3) is 0 Å². The van der Waals surface area contributed by atoms with Gasteiger partial charge in [-0.25, -0.2) is 0 Å². The fourth-order valence-corrected chi connectivity index (χ4v) is 4.19. The quantitative estimate of drug-likeness (QED) is 0.748. The zero-order chi connectivity index (χ0) is 15.3. The Hall–Kier alpha value is -0.160. The zero-order valence-electron chi connectivity index (χ0n) is 14.3. The van der Waals surface area contributed by atoms with Gasteiger partial charge < -0.3 is 20.2 Å². The predicted molar refractivity (Wildman–Crippen MR) is 88.6 cm³/mol. The number of nitrogens with one attached hydrogen (secondary N) is 1. The molecule has 2 rings (SSSR count). The standard InChI is InChI=1S/C17H35N3O/c1-4-9-18-17(14-21)8-5-6-16(11-17)20(3)13-15-7-10-19(2)12-15/h15-16,18,21H,4-14H2,1-3H3. The molecule has 0 radical (unpaired) electrons. The molecule has 1 aliphatic carbocycles. The first-order valence-electron chi connectivity index (χ1n) is 8.83. The summed E-state index contributed by atoms with van der Waals surface area (Å²) in [6, 6.07) is 0.626. The van der Waals surface area contributed by atoms with Crippen LogP contribution >= 0.6 is 0 Å². The van der Waals surface area contributed by atoms with Gasteiger partial charge in [-0.1, -0.05) is 6.92 Å². The van der Waals surface area contributed by atoms with Crippen molar-refractivity contribution >= 4 is 0 Å². The largest absolute Gasteiger partial charge is 0.394 e. The maximum atomic E-state index is 9.90. The van der Waals surface area contributed by atoms with E-state index >= 15 is 0 Å². The number of aliphatic hydroxyl groups is 1. The fraction of sp³-hybridized carbons (Fsp3) is 1.00. The van der Waals surface area contributed by atoms with E-state index in [9.17, 15) is 5.11 Å². The number of nitrogens with zero attached hydrogens (tertiary/aromatic N) is 2. The van der Waals surface area contributed by atoms with E-state index in [1.807, 2.05) is 0 Å². The maximum absolute atomic E-state index is 9.90. The molecule has 2 fully saturated rings. The molecule has 3 atom stereocenters. The van der Waals surface area contributed by atoms with Gasteiger partial charge in [-0.3, -0.25) is 0 Å². The highest BCUT2D eigenvalue weighted by molar-refractivity contribution is 4.96. The molecule has 1 saturated heterocycles. The number of aliphatic hydroxyl groups excluding tert-OH is 1. The second-order valence-corrected chi connectivity index (χ2v) is 7.47. The van der Waals surface area contributed by atoms with E-state index in [0.717, 1.165) is 31.7 Å². The highest BCUT2D eigenvalue weighted by atomic mass is 16.3. The van der Waals surface area contributed by atoms with Crippen LogP contribution in [0.2, 0.25) is 0 Å². The number of hydrogen-bond acceptors (Lipinski definition) is 4. The van der Waals surface area contributed by atoms with Crippen LogP contribution in [0.5, 0.6) is 0 Å². The average molecular weight is 297 g/mol. The van der Waals surface area contributed by atoms with Gasteiger partial charge in [0.15, 0.2) is 0 Å². The summed E-state index contributed by atoms with van der Waals surface area (Å²) in [6.07, 6.45) is 7.22. The molecule has 0 aromatic heterocycles. The van der Waals surface area contributed by atoms with E-state index in [1.54, 1.807) is 0 Å². The SMILES string of the molecule is CCCNC1(CO)CCCC(N(C)CC2CCN(C)C2)C1. The molecule has 0 aromatic rings. The van der Waals surface area contributed by atoms with Crippen molar-refractivity contribution in [2.45, 2.75) is 57.0 Å². The molecule has 4 nitrogen and oxygen atoms in total. The summed E-state index contributed by atoms with van der Waals surface area (Å²) in [4.78, 5) is 5.02. The van der Waals surface area contributed by atoms with E-state index in [4.69, 9.17) is 0 Å². The average Bonchev–Trinajstić information content (AvgIpc) is 2.90. The molecular weight excluding hydrogens is 262 g/mol. The van der Waals surface area contributed by atoms with Gasteiger partial charge in [-0.05, 0) is 71.6 Å². The van der Waals surface area contributed by atoms with Gasteiger partial charge in [-0.15, -0.1) is 0 Å². The van der Waals surface area contributed by atoms with Gasteiger partial charge >= 0.3 is 0 Å². The molecule has 124 valence electrons. The monoisotopic (exact) mass is 297 g/mol. The minimum absolute atomic E-state index is 0.0281. The first-order chi connectivity index (χ1) is 10.1. The normalized spacial score (nSPS) is 34.7. The second-order valence-electron chi connectivity index (χ2n) is 7.47. The fourth-order valence-electron chi connectivity index (χ4n) is 4.19. The molecule has 3 unspecified atom stereocenters. The third kappa shape index (κ3) is 4.65. The molecule has 0 aromatic carbocycles. The molecule has 4 heteroatoms. The first kappa shape index (κ1) is 17.2. The Labute approximate surface area is 130 Å². The minimum atomic E-state index is -0.0281. The lowest BCUT2D eigenvalue weighted by atomic mass is 9.78. The third-order valence-electron chi connectivity index (χ3n) is 5.53. The molecule has 21 heavy (non-hydrogen) atoms. The van der Waals surface area contributed by atoms with Crippen molar-refractivity contribution in [1.29, 1.82) is 0 Å². The van der Waals surface area contributed by atoms with E-state index in [0.29, 0.717) is 6.04 Å². The van der Waals surface area contributed by atoms with Crippen LogP contribution in [0.1, 0.15) is 45.4 Å². The molecule has 1 heterocycles. The summed E-state index contributed by atoms with van der Waals surface area (Å²) < 4.78 is 0. The third-order valence-corrected chi connectivity index (χ3v) is 5.53. The first-order valence-corrected chi connectivity index (χ1v) is 8.83. The Morgan fingerprint density at radius 3 is 2.81 bits per heavy atom. The zero-order valence-corrected chi connectivity index (χ0v) is 14.3. The van der Waals surface area contributed by atoms with Gasteiger partial charge in [-0.2, -0.15) is 0 Å². The van der Waals surface area contributed by atoms with E-state index in [2.05, 4.69) is 36.1 Å². The molecule has 0 bridgehead atoms. The van der Waals surface area contributed by atoms with Gasteiger partial charge in [0.2, 0.25) is 0 Å². The molecule has 1 saturated carbocycles. The van der Waals surface area contributed by atoms with Crippen LogP contribution in [0.4, 0.5) is 0 Å². The Morgan fingerprint density at radius 2 is 2.19 bits per heavy atom. The van der Waals surface area contributed by atoms with Crippen LogP contribution in [0.15, 0.2) is 0 Å². The van der Waals surface area contributed by atoms with Crippen LogP contribution < -0.4 is 5.32 Å². The van der Waals surface area contributed by atoms with E-state index in [1.165, 1.54) is 38.9 Å². The maximum Gasteiger partial charge on any atom is 0.0613 e. The summed E-state index contributed by atoms with van der Waals surface area (Å²) >= 11 is 0. The molecule has 2 aliphatic rings. The number of rotatable bonds is 7. The van der Waals surface area contributed by atoms with Crippen molar-refractivity contribution in [1.82, 2.24) is 15.1 Å². The van der Waals surface area contributed by atoms with Gasteiger partial charge in [0.25, 0.3) is 0 Å². The highest BCUT2D eigenvalue weighted by Gasteiger charge is 2.37. The predicted octanol–water partition coefficient (Wildman–Crippen LogP) is 1.54. The Balaban J connectivity index is 1.86. The van der Waals surface area contributed by atoms with E-state index < -0.39 is 0 Å². The smallest absolute Gasteiger partial charge is 0.0613 e. The molecule has 0 spiro atoms. The lowest BCUT2D eigenvalue weighted by Crippen LogP contribution is -2.56. The van der Waals surface area contributed by atoms with Crippen molar-refractivity contribution in [3.8, 4) is 0 Å². The number of likely N-dealkylation sites (tertiary alicyclic amines) is 1. The van der Waals surface area contributed by atoms with Crippen molar-refractivity contribution in [3.05, 3.63) is 0 Å². The van der Waals surface area contributed by atoms with Gasteiger partial charge in [0, 0.05) is 24.7 Å². The minimum Gasteiger partial charge on any atom is -0.394 e. The van der Waals surface area contributed by atoms with Crippen molar-refractivity contribution in [3.63, 3.8) is 0 Å². The lowest BCUT2D eigenvalue weighted by Gasteiger charge is -2.44. The van der Waals surface area contributed by atoms with Gasteiger partial charge in [0.1, 0.15) is 0 Å². The Bertz CT molecular complexity index is 312. The van der Waals surface area contributed by atoms with Crippen molar-refractivity contribution in [2.24, 2.45) is 5.92 Å². The van der Waals surface area contributed by atoms with Crippen molar-refractivity contribution in [2.75, 3.05) is 46.9 Å². The number of hydrogen-bond donors (Lipinski definition) is 2. The topological polar surface area (TPSA) is 38.7 Å². The van der Waals surface area contributed by atoms with Crippen LogP contribution in [-0.4, -0.2) is 73.4 Å². The second kappa shape index (κ2) is 7.91. The van der Waals surface area contributed by atoms with E-state index in [-0.39, 0.29) is 12.1 Å². The summed E-state index contributed by atoms with van der Waals surface area (Å²) in [5.41, 5.74) is -0.0281. The lowest BCUT2D eigenvalue weighted by molar-refractivity contribution is 0.0643. The summed E-state index contributed by atoms with van der Waals surface area (Å²) in [5, 5.41) is 13.5. The Kier molecular flexibility index (Phi) is 6.48. The summed E-state index contributed by atoms with van der Waals surface area (Å²) in [6.45, 7) is 7.21. The Morgan fingerprint density at radius 1 is 1.38 bits per heavy atom. The van der Waals surface area contributed by atoms with Crippen LogP contribution in [0, 0.1) is 5.92 Å². The van der Waals surface area contributed by atoms with Gasteiger partial charge in [0.05, 0.1) is 6.61 Å². The summed E-state index contributed by atoms with van der Waals surface area (Å²) in [5.74, 6) is 0.828.